The highest BCUT2D eigenvalue weighted by atomic mass is 35.5. The van der Waals surface area contributed by atoms with Gasteiger partial charge in [0.05, 0.1) is 0 Å². The van der Waals surface area contributed by atoms with Gasteiger partial charge in [0.2, 0.25) is 5.22 Å². The molecule has 0 spiro atoms. The molecule has 5 nitrogen and oxygen atoms in total. The molecular formula is C15H27ClFNO4S. The van der Waals surface area contributed by atoms with E-state index in [2.05, 4.69) is 19.2 Å². The van der Waals surface area contributed by atoms with Crippen LogP contribution >= 0.6 is 11.6 Å². The number of carbonyl (C=O) groups is 1. The predicted molar refractivity (Wildman–Crippen MR) is 91.2 cm³/mol. The summed E-state index contributed by atoms with van der Waals surface area (Å²) in [6.07, 6.45) is 4.01. The van der Waals surface area contributed by atoms with E-state index < -0.39 is 26.2 Å². The molecule has 0 aliphatic carbocycles. The fourth-order valence-corrected chi connectivity index (χ4v) is 2.19. The van der Waals surface area contributed by atoms with Crippen molar-refractivity contribution in [2.75, 3.05) is 6.54 Å². The second-order valence-corrected chi connectivity index (χ2v) is 6.02. The van der Waals surface area contributed by atoms with Crippen LogP contribution in [0.1, 0.15) is 70.9 Å². The zero-order chi connectivity index (χ0) is 18.5. The molecule has 1 heterocycles. The van der Waals surface area contributed by atoms with Crippen LogP contribution in [-0.2, 0) is 10.2 Å². The van der Waals surface area contributed by atoms with Crippen molar-refractivity contribution >= 4 is 27.7 Å². The third kappa shape index (κ3) is 10.3. The van der Waals surface area contributed by atoms with Crippen LogP contribution in [-0.4, -0.2) is 20.9 Å². The van der Waals surface area contributed by atoms with Crippen molar-refractivity contribution in [3.05, 3.63) is 17.0 Å². The Morgan fingerprint density at radius 2 is 1.78 bits per heavy atom. The first-order valence-electron chi connectivity index (χ1n) is 7.80. The zero-order valence-electron chi connectivity index (χ0n) is 14.4. The summed E-state index contributed by atoms with van der Waals surface area (Å²) in [5.41, 5.74) is 0. The lowest BCUT2D eigenvalue weighted by Gasteiger charge is -2.01. The second-order valence-electron chi connectivity index (χ2n) is 4.36. The van der Waals surface area contributed by atoms with Gasteiger partial charge in [-0.05, 0) is 18.0 Å². The summed E-state index contributed by atoms with van der Waals surface area (Å²) < 4.78 is 38.7. The lowest BCUT2D eigenvalue weighted by molar-refractivity contribution is 0.0925. The van der Waals surface area contributed by atoms with E-state index in [1.165, 1.54) is 6.42 Å². The van der Waals surface area contributed by atoms with Gasteiger partial charge in [0, 0.05) is 12.6 Å². The topological polar surface area (TPSA) is 76.4 Å². The Hall–Kier alpha value is -1.08. The maximum atomic E-state index is 12.7. The molecule has 136 valence electrons. The molecule has 1 N–H and O–H groups in total. The molecule has 0 radical (unpaired) electrons. The molecule has 8 heteroatoms. The van der Waals surface area contributed by atoms with Gasteiger partial charge < -0.3 is 9.73 Å². The van der Waals surface area contributed by atoms with Gasteiger partial charge in [-0.1, -0.05) is 53.9 Å². The molecule has 0 saturated carbocycles. The number of hydrogen-bond donors (Lipinski definition) is 1. The van der Waals surface area contributed by atoms with Gasteiger partial charge >= 0.3 is 10.2 Å². The van der Waals surface area contributed by atoms with Crippen LogP contribution < -0.4 is 5.32 Å². The summed E-state index contributed by atoms with van der Waals surface area (Å²) in [5.74, 6) is -0.948. The number of hydrogen-bond acceptors (Lipinski definition) is 4. The summed E-state index contributed by atoms with van der Waals surface area (Å²) in [7, 11) is -4.98. The molecule has 1 aromatic rings. The van der Waals surface area contributed by atoms with Gasteiger partial charge in [-0.25, -0.2) is 0 Å². The highest BCUT2D eigenvalue weighted by molar-refractivity contribution is 7.86. The first-order valence-corrected chi connectivity index (χ1v) is 9.56. The SMILES string of the molecule is CC.CCC.CCCCCNC(=O)c1cc(S(=O)(=O)F)c(Cl)o1. The lowest BCUT2D eigenvalue weighted by atomic mass is 10.2. The van der Waals surface area contributed by atoms with E-state index in [4.69, 9.17) is 16.0 Å². The summed E-state index contributed by atoms with van der Waals surface area (Å²) in [4.78, 5) is 10.7. The third-order valence-corrected chi connectivity index (χ3v) is 3.43. The molecule has 0 unspecified atom stereocenters. The van der Waals surface area contributed by atoms with E-state index in [-0.39, 0.29) is 5.76 Å². The van der Waals surface area contributed by atoms with Gasteiger partial charge in [0.15, 0.2) is 10.7 Å². The molecule has 1 rings (SSSR count). The van der Waals surface area contributed by atoms with Crippen molar-refractivity contribution in [3.63, 3.8) is 0 Å². The van der Waals surface area contributed by atoms with Crippen molar-refractivity contribution in [2.45, 2.75) is 65.2 Å². The molecule has 0 fully saturated rings. The molecule has 0 aromatic carbocycles. The molecule has 0 bridgehead atoms. The summed E-state index contributed by atoms with van der Waals surface area (Å²) >= 11 is 5.39. The summed E-state index contributed by atoms with van der Waals surface area (Å²) in [6, 6.07) is 0.771. The smallest absolute Gasteiger partial charge is 0.336 e. The molecule has 0 aliphatic heterocycles. The van der Waals surface area contributed by atoms with E-state index in [0.717, 1.165) is 25.3 Å². The number of nitrogens with one attached hydrogen (secondary N) is 1. The van der Waals surface area contributed by atoms with Gasteiger partial charge in [-0.3, -0.25) is 4.79 Å². The molecule has 0 atom stereocenters. The van der Waals surface area contributed by atoms with Crippen LogP contribution in [0.5, 0.6) is 0 Å². The average Bonchev–Trinajstić information content (AvgIpc) is 2.89. The van der Waals surface area contributed by atoms with Gasteiger partial charge in [0.25, 0.3) is 5.91 Å². The van der Waals surface area contributed by atoms with Crippen LogP contribution in [0.4, 0.5) is 3.89 Å². The van der Waals surface area contributed by atoms with Crippen LogP contribution in [0.2, 0.25) is 5.22 Å². The second kappa shape index (κ2) is 13.4. The molecule has 1 amide bonds. The summed E-state index contributed by atoms with van der Waals surface area (Å²) in [6.45, 7) is 10.7. The maximum Gasteiger partial charge on any atom is 0.336 e. The van der Waals surface area contributed by atoms with Crippen molar-refractivity contribution < 1.29 is 21.5 Å². The normalized spacial score (nSPS) is 10.0. The monoisotopic (exact) mass is 371 g/mol. The number of carbonyl (C=O) groups excluding carboxylic acids is 1. The summed E-state index contributed by atoms with van der Waals surface area (Å²) in [5, 5.41) is 1.86. The Morgan fingerprint density at radius 1 is 1.26 bits per heavy atom. The maximum absolute atomic E-state index is 12.7. The number of furan rings is 1. The Morgan fingerprint density at radius 3 is 2.17 bits per heavy atom. The van der Waals surface area contributed by atoms with Crippen LogP contribution in [0, 0.1) is 0 Å². The highest BCUT2D eigenvalue weighted by Gasteiger charge is 2.24. The number of amides is 1. The van der Waals surface area contributed by atoms with Crippen LogP contribution in [0.25, 0.3) is 0 Å². The van der Waals surface area contributed by atoms with Crippen molar-refractivity contribution in [2.24, 2.45) is 0 Å². The Kier molecular flexibility index (Phi) is 14.1. The molecule has 1 aromatic heterocycles. The number of halogens is 2. The largest absolute Gasteiger partial charge is 0.438 e. The molecular weight excluding hydrogens is 345 g/mol. The lowest BCUT2D eigenvalue weighted by Crippen LogP contribution is -2.23. The minimum Gasteiger partial charge on any atom is -0.438 e. The van der Waals surface area contributed by atoms with Gasteiger partial charge in [-0.2, -0.15) is 8.42 Å². The quantitative estimate of drug-likeness (QED) is 0.566. The van der Waals surface area contributed by atoms with E-state index in [1.807, 2.05) is 20.8 Å². The minimum absolute atomic E-state index is 0.326. The van der Waals surface area contributed by atoms with Crippen molar-refractivity contribution in [1.29, 1.82) is 0 Å². The van der Waals surface area contributed by atoms with Crippen LogP contribution in [0.3, 0.4) is 0 Å². The Labute approximate surface area is 143 Å². The predicted octanol–water partition coefficient (Wildman–Crippen LogP) is 4.95. The molecule has 0 aliphatic rings. The first kappa shape index (κ1) is 24.2. The highest BCUT2D eigenvalue weighted by Crippen LogP contribution is 2.26. The first-order chi connectivity index (χ1) is 10.8. The van der Waals surface area contributed by atoms with E-state index in [9.17, 15) is 17.1 Å². The molecule has 23 heavy (non-hydrogen) atoms. The zero-order valence-corrected chi connectivity index (χ0v) is 16.0. The third-order valence-electron chi connectivity index (χ3n) is 2.21. The fourth-order valence-electron chi connectivity index (χ4n) is 1.29. The van der Waals surface area contributed by atoms with E-state index in [1.54, 1.807) is 0 Å². The minimum atomic E-state index is -4.98. The molecule has 0 saturated heterocycles. The van der Waals surface area contributed by atoms with Gasteiger partial charge in [-0.15, -0.1) is 3.89 Å². The van der Waals surface area contributed by atoms with Crippen molar-refractivity contribution in [3.8, 4) is 0 Å². The van der Waals surface area contributed by atoms with Crippen LogP contribution in [0.15, 0.2) is 15.4 Å². The Balaban J connectivity index is 0. The Bertz CT molecular complexity index is 544. The fraction of sp³-hybridized carbons (Fsp3) is 0.667. The van der Waals surface area contributed by atoms with Gasteiger partial charge in [0.1, 0.15) is 0 Å². The van der Waals surface area contributed by atoms with E-state index >= 15 is 0 Å². The number of unbranched alkanes of at least 4 members (excludes halogenated alkanes) is 2. The van der Waals surface area contributed by atoms with Crippen molar-refractivity contribution in [1.82, 2.24) is 5.32 Å². The average molecular weight is 372 g/mol. The standard InChI is InChI=1S/C10H13ClFNO4S.C3H8.C2H6/c1-2-3-4-5-13-10(14)7-6-8(9(11)17-7)18(12,15)16;1-3-2;1-2/h6H,2-5H2,1H3,(H,13,14);3H2,1-2H3;1-2H3. The van der Waals surface area contributed by atoms with E-state index in [0.29, 0.717) is 6.54 Å². The number of rotatable bonds is 6.